The van der Waals surface area contributed by atoms with Crippen molar-refractivity contribution >= 4 is 22.9 Å². The zero-order valence-electron chi connectivity index (χ0n) is 5.97. The monoisotopic (exact) mass is 189 g/mol. The lowest BCUT2D eigenvalue weighted by molar-refractivity contribution is 0.112. The predicted octanol–water partition coefficient (Wildman–Crippen LogP) is 1.95. The van der Waals surface area contributed by atoms with Gasteiger partial charge in [0.1, 0.15) is 5.01 Å². The van der Waals surface area contributed by atoms with E-state index in [0.717, 1.165) is 24.6 Å². The maximum Gasteiger partial charge on any atom is 0.108 e. The summed E-state index contributed by atoms with van der Waals surface area (Å²) in [7, 11) is 0. The first kappa shape index (κ1) is 7.53. The molecule has 1 aromatic heterocycles. The van der Waals surface area contributed by atoms with Crippen LogP contribution in [0.5, 0.6) is 0 Å². The number of hydrogen-bond acceptors (Lipinski definition) is 3. The molecule has 0 saturated heterocycles. The van der Waals surface area contributed by atoms with Gasteiger partial charge in [-0.3, -0.25) is 0 Å². The zero-order chi connectivity index (χ0) is 7.68. The van der Waals surface area contributed by atoms with Crippen molar-refractivity contribution in [3.63, 3.8) is 0 Å². The summed E-state index contributed by atoms with van der Waals surface area (Å²) in [5, 5.41) is 1.02. The van der Waals surface area contributed by atoms with E-state index >= 15 is 0 Å². The number of ether oxygens (including phenoxy) is 1. The number of aromatic nitrogens is 1. The van der Waals surface area contributed by atoms with E-state index in [2.05, 4.69) is 4.98 Å². The third kappa shape index (κ3) is 1.41. The van der Waals surface area contributed by atoms with Gasteiger partial charge in [0.2, 0.25) is 0 Å². The summed E-state index contributed by atoms with van der Waals surface area (Å²) in [6.45, 7) is 1.53. The second kappa shape index (κ2) is 3.09. The van der Waals surface area contributed by atoms with Crippen molar-refractivity contribution in [3.8, 4) is 0 Å². The molecule has 60 valence electrons. The van der Waals surface area contributed by atoms with Gasteiger partial charge in [-0.1, -0.05) is 0 Å². The van der Waals surface area contributed by atoms with Gasteiger partial charge in [-0.05, 0) is 0 Å². The standard InChI is InChI=1S/C7H8ClNOS/c8-3-7-9-5-1-2-10-4-6(5)11-7/h1-4H2. The Labute approximate surface area is 74.2 Å². The van der Waals surface area contributed by atoms with Gasteiger partial charge in [0.05, 0.1) is 29.7 Å². The number of alkyl halides is 1. The molecular weight excluding hydrogens is 182 g/mol. The van der Waals surface area contributed by atoms with Gasteiger partial charge in [-0.15, -0.1) is 22.9 Å². The van der Waals surface area contributed by atoms with Crippen LogP contribution in [0.3, 0.4) is 0 Å². The van der Waals surface area contributed by atoms with Crippen molar-refractivity contribution in [2.45, 2.75) is 18.9 Å². The van der Waals surface area contributed by atoms with Crippen molar-refractivity contribution in [1.82, 2.24) is 4.98 Å². The Morgan fingerprint density at radius 2 is 2.55 bits per heavy atom. The molecule has 0 N–H and O–H groups in total. The van der Waals surface area contributed by atoms with E-state index in [1.165, 1.54) is 10.6 Å². The van der Waals surface area contributed by atoms with Gasteiger partial charge in [0.25, 0.3) is 0 Å². The number of thiazole rings is 1. The van der Waals surface area contributed by atoms with Crippen LogP contribution in [0.15, 0.2) is 0 Å². The van der Waals surface area contributed by atoms with Crippen molar-refractivity contribution in [3.05, 3.63) is 15.6 Å². The Bertz CT molecular complexity index is 237. The summed E-state index contributed by atoms with van der Waals surface area (Å²) in [5.74, 6) is 0.525. The Morgan fingerprint density at radius 1 is 1.64 bits per heavy atom. The fourth-order valence-electron chi connectivity index (χ4n) is 1.14. The molecular formula is C7H8ClNOS. The summed E-state index contributed by atoms with van der Waals surface area (Å²) >= 11 is 7.32. The first-order chi connectivity index (χ1) is 5.40. The summed E-state index contributed by atoms with van der Waals surface area (Å²) in [4.78, 5) is 5.63. The normalized spacial score (nSPS) is 16.5. The van der Waals surface area contributed by atoms with E-state index < -0.39 is 0 Å². The number of rotatable bonds is 1. The van der Waals surface area contributed by atoms with E-state index in [1.54, 1.807) is 11.3 Å². The lowest BCUT2D eigenvalue weighted by Crippen LogP contribution is -2.07. The molecule has 1 aromatic rings. The van der Waals surface area contributed by atoms with Crippen LogP contribution >= 0.6 is 22.9 Å². The Hall–Kier alpha value is -0.120. The van der Waals surface area contributed by atoms with Crippen molar-refractivity contribution < 1.29 is 4.74 Å². The highest BCUT2D eigenvalue weighted by molar-refractivity contribution is 7.11. The largest absolute Gasteiger partial charge is 0.375 e. The molecule has 0 bridgehead atoms. The fourth-order valence-corrected chi connectivity index (χ4v) is 2.26. The average molecular weight is 190 g/mol. The first-order valence-corrected chi connectivity index (χ1v) is 4.86. The summed E-state index contributed by atoms with van der Waals surface area (Å²) in [6, 6.07) is 0. The second-order valence-corrected chi connectivity index (χ2v) is 3.85. The molecule has 0 radical (unpaired) electrons. The number of fused-ring (bicyclic) bond motifs is 1. The van der Waals surface area contributed by atoms with Crippen LogP contribution in [0.25, 0.3) is 0 Å². The van der Waals surface area contributed by atoms with E-state index in [9.17, 15) is 0 Å². The smallest absolute Gasteiger partial charge is 0.108 e. The number of halogens is 1. The van der Waals surface area contributed by atoms with Gasteiger partial charge >= 0.3 is 0 Å². The maximum absolute atomic E-state index is 5.65. The highest BCUT2D eigenvalue weighted by atomic mass is 35.5. The zero-order valence-corrected chi connectivity index (χ0v) is 7.54. The van der Waals surface area contributed by atoms with Gasteiger partial charge in [0, 0.05) is 6.42 Å². The lowest BCUT2D eigenvalue weighted by atomic mass is 10.2. The molecule has 0 unspecified atom stereocenters. The minimum Gasteiger partial charge on any atom is -0.375 e. The summed E-state index contributed by atoms with van der Waals surface area (Å²) in [5.41, 5.74) is 1.19. The molecule has 1 aliphatic rings. The predicted molar refractivity (Wildman–Crippen MR) is 45.0 cm³/mol. The highest BCUT2D eigenvalue weighted by Gasteiger charge is 2.14. The molecule has 0 aromatic carbocycles. The van der Waals surface area contributed by atoms with Gasteiger partial charge in [-0.2, -0.15) is 0 Å². The highest BCUT2D eigenvalue weighted by Crippen LogP contribution is 2.24. The van der Waals surface area contributed by atoms with Crippen molar-refractivity contribution in [2.24, 2.45) is 0 Å². The van der Waals surface area contributed by atoms with Crippen LogP contribution in [0, 0.1) is 0 Å². The second-order valence-electron chi connectivity index (χ2n) is 2.41. The molecule has 11 heavy (non-hydrogen) atoms. The van der Waals surface area contributed by atoms with Gasteiger partial charge < -0.3 is 4.74 Å². The van der Waals surface area contributed by atoms with E-state index in [4.69, 9.17) is 16.3 Å². The van der Waals surface area contributed by atoms with Gasteiger partial charge in [0.15, 0.2) is 0 Å². The Morgan fingerprint density at radius 3 is 3.27 bits per heavy atom. The summed E-state index contributed by atoms with van der Waals surface area (Å²) in [6.07, 6.45) is 0.947. The summed E-state index contributed by atoms with van der Waals surface area (Å²) < 4.78 is 5.28. The lowest BCUT2D eigenvalue weighted by Gasteiger charge is -2.08. The molecule has 2 heterocycles. The fraction of sp³-hybridized carbons (Fsp3) is 0.571. The number of nitrogens with zero attached hydrogens (tertiary/aromatic N) is 1. The minimum absolute atomic E-state index is 0.525. The Kier molecular flexibility index (Phi) is 2.11. The van der Waals surface area contributed by atoms with Crippen LogP contribution in [0.2, 0.25) is 0 Å². The van der Waals surface area contributed by atoms with Crippen LogP contribution < -0.4 is 0 Å². The molecule has 2 nitrogen and oxygen atoms in total. The Balaban J connectivity index is 2.32. The van der Waals surface area contributed by atoms with Crippen LogP contribution in [0.1, 0.15) is 15.6 Å². The van der Waals surface area contributed by atoms with E-state index in [0.29, 0.717) is 5.88 Å². The van der Waals surface area contributed by atoms with Crippen molar-refractivity contribution in [2.75, 3.05) is 6.61 Å². The van der Waals surface area contributed by atoms with E-state index in [-0.39, 0.29) is 0 Å². The van der Waals surface area contributed by atoms with E-state index in [1.807, 2.05) is 0 Å². The first-order valence-electron chi connectivity index (χ1n) is 3.51. The molecule has 0 aliphatic carbocycles. The van der Waals surface area contributed by atoms with Crippen LogP contribution in [-0.4, -0.2) is 11.6 Å². The minimum atomic E-state index is 0.525. The average Bonchev–Trinajstić information content (AvgIpc) is 2.46. The molecule has 4 heteroatoms. The molecule has 0 fully saturated rings. The molecule has 0 amide bonds. The molecule has 2 rings (SSSR count). The van der Waals surface area contributed by atoms with Crippen LogP contribution in [-0.2, 0) is 23.6 Å². The molecule has 0 saturated carbocycles. The maximum atomic E-state index is 5.65. The van der Waals surface area contributed by atoms with Crippen LogP contribution in [0.4, 0.5) is 0 Å². The molecule has 1 aliphatic heterocycles. The third-order valence-electron chi connectivity index (χ3n) is 1.65. The third-order valence-corrected chi connectivity index (χ3v) is 3.14. The van der Waals surface area contributed by atoms with Gasteiger partial charge in [-0.25, -0.2) is 4.98 Å². The van der Waals surface area contributed by atoms with Crippen molar-refractivity contribution in [1.29, 1.82) is 0 Å². The number of hydrogen-bond donors (Lipinski definition) is 0. The SMILES string of the molecule is ClCc1nc2c(s1)COCC2. The molecule has 0 spiro atoms. The topological polar surface area (TPSA) is 22.1 Å². The quantitative estimate of drug-likeness (QED) is 0.631. The molecule has 0 atom stereocenters.